The molecule has 0 heterocycles. The Balaban J connectivity index is 2.31. The first-order chi connectivity index (χ1) is 8.04. The number of nitrogens with one attached hydrogen (secondary N) is 1. The molecule has 2 rings (SSSR count). The molecule has 3 heteroatoms. The van der Waals surface area contributed by atoms with Gasteiger partial charge in [-0.05, 0) is 56.4 Å². The normalized spacial score (nSPS) is 14.6. The van der Waals surface area contributed by atoms with Crippen molar-refractivity contribution in [3.8, 4) is 5.75 Å². The molecule has 1 saturated carbocycles. The number of rotatable bonds is 3. The number of hydrogen-bond acceptors (Lipinski definition) is 2. The van der Waals surface area contributed by atoms with Gasteiger partial charge < -0.3 is 10.1 Å². The van der Waals surface area contributed by atoms with E-state index in [2.05, 4.69) is 5.32 Å². The van der Waals surface area contributed by atoms with Crippen molar-refractivity contribution in [3.63, 3.8) is 0 Å². The number of aryl methyl sites for hydroxylation is 1. The number of carbonyl (C=O) groups excluding carboxylic acids is 1. The lowest BCUT2D eigenvalue weighted by Gasteiger charge is -2.16. The highest BCUT2D eigenvalue weighted by Crippen LogP contribution is 2.34. The summed E-state index contributed by atoms with van der Waals surface area (Å²) < 4.78 is 5.36. The van der Waals surface area contributed by atoms with Gasteiger partial charge in [0.25, 0.3) is 0 Å². The van der Waals surface area contributed by atoms with Gasteiger partial charge in [-0.1, -0.05) is 0 Å². The van der Waals surface area contributed by atoms with E-state index in [0.29, 0.717) is 0 Å². The predicted octanol–water partition coefficient (Wildman–Crippen LogP) is 2.97. The first-order valence-corrected chi connectivity index (χ1v) is 6.00. The lowest BCUT2D eigenvalue weighted by Crippen LogP contribution is -2.15. The molecular weight excluding hydrogens is 214 g/mol. The molecule has 0 atom stereocenters. The minimum atomic E-state index is 0.150. The third-order valence-electron chi connectivity index (χ3n) is 3.44. The van der Waals surface area contributed by atoms with Gasteiger partial charge in [-0.3, -0.25) is 4.79 Å². The fraction of sp³-hybridized carbons (Fsp3) is 0.500. The van der Waals surface area contributed by atoms with Crippen molar-refractivity contribution in [2.24, 2.45) is 5.92 Å². The summed E-state index contributed by atoms with van der Waals surface area (Å²) in [6.45, 7) is 6.03. The van der Waals surface area contributed by atoms with Crippen LogP contribution in [0.5, 0.6) is 5.75 Å². The molecular formula is C14H19NO2. The second-order valence-corrected chi connectivity index (χ2v) is 4.79. The molecule has 0 unspecified atom stereocenters. The van der Waals surface area contributed by atoms with Gasteiger partial charge in [-0.15, -0.1) is 0 Å². The summed E-state index contributed by atoms with van der Waals surface area (Å²) >= 11 is 0. The van der Waals surface area contributed by atoms with Crippen LogP contribution in [-0.4, -0.2) is 13.0 Å². The van der Waals surface area contributed by atoms with Crippen molar-refractivity contribution in [1.29, 1.82) is 0 Å². The van der Waals surface area contributed by atoms with Crippen LogP contribution in [0.1, 0.15) is 29.5 Å². The zero-order chi connectivity index (χ0) is 12.6. The third kappa shape index (κ3) is 2.28. The molecule has 0 aromatic heterocycles. The minimum Gasteiger partial charge on any atom is -0.496 e. The zero-order valence-corrected chi connectivity index (χ0v) is 10.9. The molecule has 1 N–H and O–H groups in total. The van der Waals surface area contributed by atoms with Crippen molar-refractivity contribution >= 4 is 11.6 Å². The summed E-state index contributed by atoms with van der Waals surface area (Å²) in [4.78, 5) is 11.8. The van der Waals surface area contributed by atoms with E-state index in [0.717, 1.165) is 41.0 Å². The fourth-order valence-corrected chi connectivity index (χ4v) is 2.08. The summed E-state index contributed by atoms with van der Waals surface area (Å²) in [6.07, 6.45) is 2.05. The summed E-state index contributed by atoms with van der Waals surface area (Å²) in [5, 5.41) is 3.01. The van der Waals surface area contributed by atoms with E-state index in [-0.39, 0.29) is 11.8 Å². The van der Waals surface area contributed by atoms with E-state index in [1.165, 1.54) is 0 Å². The lowest BCUT2D eigenvalue weighted by molar-refractivity contribution is -0.117. The number of methoxy groups -OCH3 is 1. The van der Waals surface area contributed by atoms with Crippen LogP contribution in [0.15, 0.2) is 6.07 Å². The number of hydrogen-bond donors (Lipinski definition) is 1. The van der Waals surface area contributed by atoms with Crippen molar-refractivity contribution in [2.45, 2.75) is 33.6 Å². The van der Waals surface area contributed by atoms with Gasteiger partial charge in [0.2, 0.25) is 5.91 Å². The van der Waals surface area contributed by atoms with Crippen LogP contribution in [-0.2, 0) is 4.79 Å². The van der Waals surface area contributed by atoms with Crippen LogP contribution in [0.4, 0.5) is 5.69 Å². The van der Waals surface area contributed by atoms with Crippen molar-refractivity contribution < 1.29 is 9.53 Å². The smallest absolute Gasteiger partial charge is 0.227 e. The van der Waals surface area contributed by atoms with Crippen LogP contribution >= 0.6 is 0 Å². The SMILES string of the molecule is COc1c(C)cc(NC(=O)C2CC2)c(C)c1C. The Morgan fingerprint density at radius 2 is 1.94 bits per heavy atom. The summed E-state index contributed by atoms with van der Waals surface area (Å²) in [6, 6.07) is 1.99. The van der Waals surface area contributed by atoms with Gasteiger partial charge in [-0.2, -0.15) is 0 Å². The second kappa shape index (κ2) is 4.40. The first-order valence-electron chi connectivity index (χ1n) is 6.00. The van der Waals surface area contributed by atoms with E-state index < -0.39 is 0 Å². The Morgan fingerprint density at radius 3 is 2.47 bits per heavy atom. The Kier molecular flexibility index (Phi) is 3.09. The maximum atomic E-state index is 11.8. The molecule has 1 aliphatic carbocycles. The Bertz CT molecular complexity index is 462. The highest BCUT2D eigenvalue weighted by molar-refractivity contribution is 5.95. The maximum Gasteiger partial charge on any atom is 0.227 e. The van der Waals surface area contributed by atoms with Gasteiger partial charge in [0.1, 0.15) is 5.75 Å². The third-order valence-corrected chi connectivity index (χ3v) is 3.44. The van der Waals surface area contributed by atoms with E-state index in [1.807, 2.05) is 26.8 Å². The molecule has 92 valence electrons. The molecule has 0 spiro atoms. The number of ether oxygens (including phenoxy) is 1. The zero-order valence-electron chi connectivity index (χ0n) is 10.9. The molecule has 1 aliphatic rings. The molecule has 1 aromatic carbocycles. The second-order valence-electron chi connectivity index (χ2n) is 4.79. The van der Waals surface area contributed by atoms with Gasteiger partial charge in [0.05, 0.1) is 7.11 Å². The first kappa shape index (κ1) is 12.0. The van der Waals surface area contributed by atoms with Gasteiger partial charge in [0.15, 0.2) is 0 Å². The Morgan fingerprint density at radius 1 is 1.29 bits per heavy atom. The van der Waals surface area contributed by atoms with Crippen LogP contribution in [0, 0.1) is 26.7 Å². The predicted molar refractivity (Wildman–Crippen MR) is 68.6 cm³/mol. The summed E-state index contributed by atoms with van der Waals surface area (Å²) in [5.74, 6) is 1.29. The van der Waals surface area contributed by atoms with Crippen LogP contribution in [0.25, 0.3) is 0 Å². The highest BCUT2D eigenvalue weighted by Gasteiger charge is 2.30. The van der Waals surface area contributed by atoms with Crippen LogP contribution < -0.4 is 10.1 Å². The summed E-state index contributed by atoms with van der Waals surface area (Å²) in [7, 11) is 1.68. The van der Waals surface area contributed by atoms with Gasteiger partial charge in [-0.25, -0.2) is 0 Å². The molecule has 0 saturated heterocycles. The standard InChI is InChI=1S/C14H19NO2/c1-8-7-12(15-14(16)11-5-6-11)9(2)10(3)13(8)17-4/h7,11H,5-6H2,1-4H3,(H,15,16). The summed E-state index contributed by atoms with van der Waals surface area (Å²) in [5.41, 5.74) is 4.15. The van der Waals surface area contributed by atoms with Crippen molar-refractivity contribution in [1.82, 2.24) is 0 Å². The van der Waals surface area contributed by atoms with Gasteiger partial charge >= 0.3 is 0 Å². The molecule has 0 radical (unpaired) electrons. The topological polar surface area (TPSA) is 38.3 Å². The average Bonchev–Trinajstić information content (AvgIpc) is 3.10. The van der Waals surface area contributed by atoms with E-state index in [1.54, 1.807) is 7.11 Å². The van der Waals surface area contributed by atoms with Crippen LogP contribution in [0.2, 0.25) is 0 Å². The Labute approximate surface area is 102 Å². The molecule has 17 heavy (non-hydrogen) atoms. The molecule has 1 amide bonds. The van der Waals surface area contributed by atoms with E-state index in [4.69, 9.17) is 4.74 Å². The molecule has 1 aromatic rings. The molecule has 3 nitrogen and oxygen atoms in total. The molecule has 0 aliphatic heterocycles. The number of benzene rings is 1. The fourth-order valence-electron chi connectivity index (χ4n) is 2.08. The van der Waals surface area contributed by atoms with Crippen molar-refractivity contribution in [2.75, 3.05) is 12.4 Å². The number of carbonyl (C=O) groups is 1. The molecule has 1 fully saturated rings. The quantitative estimate of drug-likeness (QED) is 0.871. The number of amides is 1. The maximum absolute atomic E-state index is 11.8. The average molecular weight is 233 g/mol. The lowest BCUT2D eigenvalue weighted by atomic mass is 10.0. The largest absolute Gasteiger partial charge is 0.496 e. The van der Waals surface area contributed by atoms with Gasteiger partial charge in [0, 0.05) is 11.6 Å². The van der Waals surface area contributed by atoms with E-state index in [9.17, 15) is 4.79 Å². The van der Waals surface area contributed by atoms with Crippen LogP contribution in [0.3, 0.4) is 0 Å². The minimum absolute atomic E-state index is 0.150. The Hall–Kier alpha value is -1.51. The van der Waals surface area contributed by atoms with E-state index >= 15 is 0 Å². The number of anilines is 1. The molecule has 0 bridgehead atoms. The monoisotopic (exact) mass is 233 g/mol. The van der Waals surface area contributed by atoms with Crippen molar-refractivity contribution in [3.05, 3.63) is 22.8 Å². The highest BCUT2D eigenvalue weighted by atomic mass is 16.5.